The predicted octanol–water partition coefficient (Wildman–Crippen LogP) is 4.71. The van der Waals surface area contributed by atoms with Crippen molar-refractivity contribution in [3.63, 3.8) is 0 Å². The van der Waals surface area contributed by atoms with Crippen molar-refractivity contribution in [3.8, 4) is 5.75 Å². The van der Waals surface area contributed by atoms with Crippen molar-refractivity contribution < 1.29 is 29.4 Å². The van der Waals surface area contributed by atoms with Gasteiger partial charge in [0.2, 0.25) is 17.7 Å². The zero-order chi connectivity index (χ0) is 32.8. The molecule has 0 radical (unpaired) electrons. The number of carbonyl (C=O) groups is 4. The van der Waals surface area contributed by atoms with Crippen LogP contribution in [0.25, 0.3) is 0 Å². The van der Waals surface area contributed by atoms with Crippen LogP contribution in [0.1, 0.15) is 95.1 Å². The van der Waals surface area contributed by atoms with E-state index < -0.39 is 47.5 Å². The van der Waals surface area contributed by atoms with Crippen molar-refractivity contribution in [2.75, 3.05) is 6.54 Å². The molecule has 0 aromatic heterocycles. The van der Waals surface area contributed by atoms with E-state index in [1.165, 1.54) is 12.5 Å². The van der Waals surface area contributed by atoms with E-state index in [0.29, 0.717) is 6.42 Å². The fourth-order valence-corrected chi connectivity index (χ4v) is 7.43. The molecule has 1 saturated heterocycles. The average Bonchev–Trinajstić information content (AvgIpc) is 3.20. The lowest BCUT2D eigenvalue weighted by Crippen LogP contribution is -2.58. The zero-order valence-electron chi connectivity index (χ0n) is 27.1. The molecule has 2 aromatic carbocycles. The van der Waals surface area contributed by atoms with E-state index in [0.717, 1.165) is 40.9 Å². The first-order valence-electron chi connectivity index (χ1n) is 15.9. The molecule has 0 spiro atoms. The van der Waals surface area contributed by atoms with Crippen LogP contribution >= 0.6 is 0 Å². The lowest BCUT2D eigenvalue weighted by molar-refractivity contribution is -0.145. The van der Waals surface area contributed by atoms with E-state index in [2.05, 4.69) is 16.7 Å². The Kier molecular flexibility index (Phi) is 8.63. The van der Waals surface area contributed by atoms with Crippen LogP contribution in [-0.4, -0.2) is 68.5 Å². The fraction of sp³-hybridized carbons (Fsp3) is 0.543. The van der Waals surface area contributed by atoms with Crippen molar-refractivity contribution >= 4 is 23.8 Å². The smallest absolute Gasteiger partial charge is 0.407 e. The van der Waals surface area contributed by atoms with Gasteiger partial charge in [0.1, 0.15) is 23.9 Å². The number of aryl methyl sites for hydroxylation is 1. The van der Waals surface area contributed by atoms with E-state index in [-0.39, 0.29) is 36.1 Å². The standard InChI is InChI=1S/C35H46N4O6/c1-20(38(33(44)45)19-34(2,3)4)30(41)37-27-16-22-14-15-23(40)17-25(22)28-18-35(5,6)29(39(28)32(27)43)31(42)36-26-13-9-11-21-10-7-8-12-24(21)26/h7-8,10,12,14-15,17,20,26-29,40H,9,11,13,16,18-19H2,1-6H3,(H,36,42)(H,37,41)(H,44,45)/t20-,26+,27-,28+,29?/m0/s1. The Morgan fingerprint density at radius 3 is 2.44 bits per heavy atom. The molecule has 3 aliphatic rings. The fourth-order valence-electron chi connectivity index (χ4n) is 7.43. The number of carbonyl (C=O) groups excluding carboxylic acids is 3. The Hall–Kier alpha value is -4.08. The number of phenols is 1. The Morgan fingerprint density at radius 2 is 1.76 bits per heavy atom. The van der Waals surface area contributed by atoms with Gasteiger partial charge in [0, 0.05) is 13.0 Å². The van der Waals surface area contributed by atoms with Gasteiger partial charge in [0.25, 0.3) is 0 Å². The number of nitrogens with zero attached hydrogens (tertiary/aromatic N) is 2. The molecule has 2 aromatic rings. The number of aromatic hydroxyl groups is 1. The number of hydrogen-bond acceptors (Lipinski definition) is 5. The topological polar surface area (TPSA) is 139 Å². The number of amides is 4. The van der Waals surface area contributed by atoms with Crippen molar-refractivity contribution in [2.45, 2.75) is 104 Å². The first kappa shape index (κ1) is 32.3. The Balaban J connectivity index is 1.47. The molecule has 5 atom stereocenters. The molecule has 4 amide bonds. The van der Waals surface area contributed by atoms with Crippen LogP contribution in [0.15, 0.2) is 42.5 Å². The van der Waals surface area contributed by atoms with Gasteiger partial charge in [-0.2, -0.15) is 0 Å². The monoisotopic (exact) mass is 618 g/mol. The number of rotatable bonds is 6. The summed E-state index contributed by atoms with van der Waals surface area (Å²) >= 11 is 0. The van der Waals surface area contributed by atoms with Gasteiger partial charge in [-0.1, -0.05) is 65.0 Å². The zero-order valence-corrected chi connectivity index (χ0v) is 27.1. The second kappa shape index (κ2) is 12.0. The second-order valence-corrected chi connectivity index (χ2v) is 14.8. The highest BCUT2D eigenvalue weighted by molar-refractivity contribution is 5.95. The summed E-state index contributed by atoms with van der Waals surface area (Å²) < 4.78 is 0. The molecule has 242 valence electrons. The summed E-state index contributed by atoms with van der Waals surface area (Å²) in [6.07, 6.45) is 2.13. The van der Waals surface area contributed by atoms with Gasteiger partial charge in [-0.25, -0.2) is 4.79 Å². The molecule has 1 fully saturated rings. The summed E-state index contributed by atoms with van der Waals surface area (Å²) in [6.45, 7) is 11.3. The third kappa shape index (κ3) is 6.51. The summed E-state index contributed by atoms with van der Waals surface area (Å²) in [5, 5.41) is 26.5. The highest BCUT2D eigenvalue weighted by atomic mass is 16.4. The molecule has 0 saturated carbocycles. The summed E-state index contributed by atoms with van der Waals surface area (Å²) in [7, 11) is 0. The minimum Gasteiger partial charge on any atom is -0.508 e. The summed E-state index contributed by atoms with van der Waals surface area (Å²) in [6, 6.07) is 9.52. The molecule has 0 bridgehead atoms. The predicted molar refractivity (Wildman–Crippen MR) is 169 cm³/mol. The van der Waals surface area contributed by atoms with Crippen molar-refractivity contribution in [2.24, 2.45) is 10.8 Å². The van der Waals surface area contributed by atoms with Crippen LogP contribution in [0.4, 0.5) is 4.79 Å². The normalized spacial score (nSPS) is 24.4. The van der Waals surface area contributed by atoms with E-state index in [9.17, 15) is 29.4 Å². The Bertz CT molecular complexity index is 1500. The highest BCUT2D eigenvalue weighted by Crippen LogP contribution is 2.50. The van der Waals surface area contributed by atoms with Crippen LogP contribution < -0.4 is 10.6 Å². The number of phenolic OH excluding ortho intramolecular Hbond substituents is 1. The molecule has 10 heteroatoms. The third-order valence-electron chi connectivity index (χ3n) is 9.53. The third-order valence-corrected chi connectivity index (χ3v) is 9.53. The van der Waals surface area contributed by atoms with Gasteiger partial charge < -0.3 is 25.7 Å². The molecule has 45 heavy (non-hydrogen) atoms. The summed E-state index contributed by atoms with van der Waals surface area (Å²) in [5.41, 5.74) is 2.84. The molecule has 1 aliphatic carbocycles. The minimum absolute atomic E-state index is 0.0565. The lowest BCUT2D eigenvalue weighted by Gasteiger charge is -2.36. The quantitative estimate of drug-likeness (QED) is 0.370. The van der Waals surface area contributed by atoms with E-state index in [4.69, 9.17) is 0 Å². The lowest BCUT2D eigenvalue weighted by atomic mass is 9.81. The maximum absolute atomic E-state index is 14.5. The van der Waals surface area contributed by atoms with Crippen LogP contribution in [0, 0.1) is 10.8 Å². The van der Waals surface area contributed by atoms with Crippen LogP contribution in [0.3, 0.4) is 0 Å². The highest BCUT2D eigenvalue weighted by Gasteiger charge is 2.55. The number of hydrogen-bond donors (Lipinski definition) is 4. The Labute approximate surface area is 265 Å². The average molecular weight is 619 g/mol. The molecule has 5 rings (SSSR count). The SMILES string of the molecule is C[C@@H](C(=O)N[C@H]1Cc2ccc(O)cc2[C@H]2CC(C)(C)C(C(=O)N[C@@H]3CCCc4ccccc43)N2C1=O)N(CC(C)(C)C)C(=O)O. The first-order chi connectivity index (χ1) is 21.1. The minimum atomic E-state index is -1.22. The molecular formula is C35H46N4O6. The van der Waals surface area contributed by atoms with Crippen LogP contribution in [-0.2, 0) is 27.2 Å². The van der Waals surface area contributed by atoms with E-state index in [1.54, 1.807) is 23.1 Å². The molecule has 2 heterocycles. The van der Waals surface area contributed by atoms with Crippen molar-refractivity contribution in [1.29, 1.82) is 0 Å². The molecular weight excluding hydrogens is 572 g/mol. The van der Waals surface area contributed by atoms with Crippen LogP contribution in [0.5, 0.6) is 5.75 Å². The van der Waals surface area contributed by atoms with Gasteiger partial charge in [-0.3, -0.25) is 19.3 Å². The van der Waals surface area contributed by atoms with Gasteiger partial charge in [0.15, 0.2) is 0 Å². The number of carboxylic acid groups (broad SMARTS) is 1. The molecule has 2 aliphatic heterocycles. The maximum Gasteiger partial charge on any atom is 0.407 e. The van der Waals surface area contributed by atoms with Crippen molar-refractivity contribution in [3.05, 3.63) is 64.7 Å². The van der Waals surface area contributed by atoms with Crippen molar-refractivity contribution in [1.82, 2.24) is 20.4 Å². The Morgan fingerprint density at radius 1 is 1.04 bits per heavy atom. The van der Waals surface area contributed by atoms with Gasteiger partial charge >= 0.3 is 6.09 Å². The van der Waals surface area contributed by atoms with Gasteiger partial charge in [-0.15, -0.1) is 0 Å². The number of nitrogens with one attached hydrogen (secondary N) is 2. The van der Waals surface area contributed by atoms with E-state index >= 15 is 0 Å². The first-order valence-corrected chi connectivity index (χ1v) is 15.9. The van der Waals surface area contributed by atoms with Gasteiger partial charge in [0.05, 0.1) is 12.1 Å². The second-order valence-electron chi connectivity index (χ2n) is 14.8. The molecule has 10 nitrogen and oxygen atoms in total. The maximum atomic E-state index is 14.5. The van der Waals surface area contributed by atoms with Crippen LogP contribution in [0.2, 0.25) is 0 Å². The summed E-state index contributed by atoms with van der Waals surface area (Å²) in [5.74, 6) is -1.18. The largest absolute Gasteiger partial charge is 0.508 e. The number of benzene rings is 2. The van der Waals surface area contributed by atoms with E-state index in [1.807, 2.05) is 52.8 Å². The summed E-state index contributed by atoms with van der Waals surface area (Å²) in [4.78, 5) is 57.1. The number of fused-ring (bicyclic) bond motifs is 4. The van der Waals surface area contributed by atoms with Gasteiger partial charge in [-0.05, 0) is 77.8 Å². The molecule has 4 N–H and O–H groups in total. The molecule has 1 unspecified atom stereocenters.